The zero-order valence-electron chi connectivity index (χ0n) is 38.7. The lowest BCUT2D eigenvalue weighted by atomic mass is 9.96. The number of hydrogen-bond donors (Lipinski definition) is 4. The standard InChI is InChI=1S/C49H53ClFN9O10/c1-29(61)58-15-17-59(18-16-58)45-35-28-36(50)41(34-27-31(62)26-30-6-3-4-7-32(30)34)43(51)44(35)55-49(56-45)53-13-12-40(64)57(2)19-21-69-23-25-70-24-22-68-20-14-52-37-9-5-8-33-42(37)48(67)60(47(33)66)38-10-11-39(63)54-46(38)65/h3-9,26-28,38,52,62H,10-25H2,1-2H3,(H,53,55,56)(H,54,63,65). The van der Waals surface area contributed by atoms with Crippen LogP contribution in [0.25, 0.3) is 32.8 Å². The molecule has 0 aliphatic carbocycles. The number of anilines is 3. The minimum Gasteiger partial charge on any atom is -0.508 e. The first-order valence-corrected chi connectivity index (χ1v) is 23.4. The van der Waals surface area contributed by atoms with E-state index in [1.54, 1.807) is 41.1 Å². The smallest absolute Gasteiger partial charge is 0.264 e. The molecule has 4 aromatic carbocycles. The van der Waals surface area contributed by atoms with Crippen molar-refractivity contribution in [3.05, 3.63) is 82.6 Å². The molecule has 0 bridgehead atoms. The van der Waals surface area contributed by atoms with Gasteiger partial charge in [-0.15, -0.1) is 0 Å². The molecule has 2 saturated heterocycles. The Hall–Kier alpha value is -7.00. The molecule has 368 valence electrons. The summed E-state index contributed by atoms with van der Waals surface area (Å²) in [5.74, 6) is -2.67. The Bertz CT molecular complexity index is 2840. The van der Waals surface area contributed by atoms with Crippen LogP contribution in [0.2, 0.25) is 5.02 Å². The highest BCUT2D eigenvalue weighted by Gasteiger charge is 2.45. The molecule has 8 rings (SSSR count). The van der Waals surface area contributed by atoms with E-state index in [1.807, 2.05) is 29.2 Å². The summed E-state index contributed by atoms with van der Waals surface area (Å²) in [5.41, 5.74) is 1.30. The number of aromatic nitrogens is 2. The Balaban J connectivity index is 0.765. The van der Waals surface area contributed by atoms with Crippen LogP contribution in [0.3, 0.4) is 0 Å². The summed E-state index contributed by atoms with van der Waals surface area (Å²) in [6.07, 6.45) is 0.198. The van der Waals surface area contributed by atoms with Crippen molar-refractivity contribution in [2.45, 2.75) is 32.2 Å². The lowest BCUT2D eigenvalue weighted by molar-refractivity contribution is -0.136. The van der Waals surface area contributed by atoms with Crippen LogP contribution in [-0.4, -0.2) is 164 Å². The second-order valence-corrected chi connectivity index (χ2v) is 17.4. The normalized spacial score (nSPS) is 16.0. The highest BCUT2D eigenvalue weighted by molar-refractivity contribution is 6.35. The first kappa shape index (κ1) is 49.4. The molecule has 3 aliphatic rings. The summed E-state index contributed by atoms with van der Waals surface area (Å²) in [6.45, 7) is 5.88. The molecule has 70 heavy (non-hydrogen) atoms. The molecule has 0 spiro atoms. The van der Waals surface area contributed by atoms with E-state index >= 15 is 4.39 Å². The van der Waals surface area contributed by atoms with Gasteiger partial charge in [0, 0.05) is 89.3 Å². The number of piperazine rings is 1. The quantitative estimate of drug-likeness (QED) is 0.0625. The summed E-state index contributed by atoms with van der Waals surface area (Å²) >= 11 is 6.85. The number of phenolic OH excluding ortho intramolecular Hbond substituents is 1. The molecule has 5 aromatic rings. The monoisotopic (exact) mass is 981 g/mol. The molecule has 0 radical (unpaired) electrons. The van der Waals surface area contributed by atoms with Crippen LogP contribution in [0, 0.1) is 5.82 Å². The molecule has 6 amide bonds. The molecule has 21 heteroatoms. The van der Waals surface area contributed by atoms with Gasteiger partial charge < -0.3 is 44.7 Å². The number of hydrogen-bond acceptors (Lipinski definition) is 15. The van der Waals surface area contributed by atoms with Crippen molar-refractivity contribution >= 4 is 86.2 Å². The Morgan fingerprint density at radius 3 is 2.31 bits per heavy atom. The molecular weight excluding hydrogens is 929 g/mol. The molecule has 4 heterocycles. The summed E-state index contributed by atoms with van der Waals surface area (Å²) in [7, 11) is 1.67. The van der Waals surface area contributed by atoms with E-state index in [4.69, 9.17) is 30.8 Å². The van der Waals surface area contributed by atoms with Gasteiger partial charge in [0.05, 0.1) is 55.8 Å². The number of carbonyl (C=O) groups is 6. The van der Waals surface area contributed by atoms with Gasteiger partial charge in [-0.1, -0.05) is 41.9 Å². The van der Waals surface area contributed by atoms with E-state index < -0.39 is 35.5 Å². The van der Waals surface area contributed by atoms with Crippen LogP contribution >= 0.6 is 11.6 Å². The number of fused-ring (bicyclic) bond motifs is 3. The fraction of sp³-hybridized carbons (Fsp3) is 0.388. The Morgan fingerprint density at radius 1 is 0.843 bits per heavy atom. The number of amides is 6. The number of benzene rings is 4. The topological polar surface area (TPSA) is 225 Å². The van der Waals surface area contributed by atoms with Crippen molar-refractivity contribution < 1.29 is 52.5 Å². The first-order valence-electron chi connectivity index (χ1n) is 23.0. The van der Waals surface area contributed by atoms with Gasteiger partial charge >= 0.3 is 0 Å². The number of nitrogens with one attached hydrogen (secondary N) is 3. The second kappa shape index (κ2) is 22.2. The van der Waals surface area contributed by atoms with E-state index in [0.717, 1.165) is 4.90 Å². The third kappa shape index (κ3) is 10.9. The third-order valence-electron chi connectivity index (χ3n) is 12.4. The van der Waals surface area contributed by atoms with Crippen LogP contribution < -0.4 is 20.9 Å². The van der Waals surface area contributed by atoms with Gasteiger partial charge in [-0.25, -0.2) is 9.37 Å². The number of nitrogens with zero attached hydrogens (tertiary/aromatic N) is 6. The minimum atomic E-state index is -1.05. The number of aromatic hydroxyl groups is 1. The van der Waals surface area contributed by atoms with Gasteiger partial charge in [-0.2, -0.15) is 4.98 Å². The molecule has 2 fully saturated rings. The van der Waals surface area contributed by atoms with Crippen LogP contribution in [0.4, 0.5) is 21.8 Å². The fourth-order valence-electron chi connectivity index (χ4n) is 8.74. The second-order valence-electron chi connectivity index (χ2n) is 17.0. The average molecular weight is 982 g/mol. The van der Waals surface area contributed by atoms with Gasteiger partial charge in [0.15, 0.2) is 5.82 Å². The van der Waals surface area contributed by atoms with Crippen molar-refractivity contribution in [2.75, 3.05) is 108 Å². The summed E-state index contributed by atoms with van der Waals surface area (Å²) in [4.78, 5) is 91.0. The SMILES string of the molecule is CC(=O)N1CCN(c2nc(NCCC(=O)N(C)CCOCCOCCOCCNc3cccc4c3C(=O)N(C3CCC(=O)NC3=O)C4=O)nc3c(F)c(-c4cc(O)cc5ccccc45)c(Cl)cc23)CC1. The van der Waals surface area contributed by atoms with E-state index in [2.05, 4.69) is 20.9 Å². The predicted molar refractivity (Wildman–Crippen MR) is 258 cm³/mol. The molecule has 0 saturated carbocycles. The van der Waals surface area contributed by atoms with E-state index in [-0.39, 0.29) is 89.8 Å². The number of carbonyl (C=O) groups excluding carboxylic acids is 6. The maximum atomic E-state index is 16.9. The average Bonchev–Trinajstić information content (AvgIpc) is 3.60. The number of likely N-dealkylation sites (N-methyl/N-ethyl adjacent to an activating group) is 1. The highest BCUT2D eigenvalue weighted by Crippen LogP contribution is 2.42. The predicted octanol–water partition coefficient (Wildman–Crippen LogP) is 4.44. The van der Waals surface area contributed by atoms with Crippen molar-refractivity contribution in [3.8, 4) is 16.9 Å². The van der Waals surface area contributed by atoms with Crippen LogP contribution in [0.15, 0.2) is 60.7 Å². The number of phenols is 1. The molecule has 1 aromatic heterocycles. The van der Waals surface area contributed by atoms with Gasteiger partial charge in [0.1, 0.15) is 23.1 Å². The summed E-state index contributed by atoms with van der Waals surface area (Å²) < 4.78 is 33.8. The lowest BCUT2D eigenvalue weighted by Crippen LogP contribution is -2.54. The van der Waals surface area contributed by atoms with Crippen LogP contribution in [0.5, 0.6) is 5.75 Å². The summed E-state index contributed by atoms with van der Waals surface area (Å²) in [6, 6.07) is 15.8. The van der Waals surface area contributed by atoms with Gasteiger partial charge in [-0.05, 0) is 53.1 Å². The molecule has 19 nitrogen and oxygen atoms in total. The Morgan fingerprint density at radius 2 is 1.57 bits per heavy atom. The number of halogens is 2. The van der Waals surface area contributed by atoms with E-state index in [1.165, 1.54) is 19.1 Å². The number of ether oxygens (including phenoxy) is 3. The molecule has 3 aliphatic heterocycles. The first-order chi connectivity index (χ1) is 33.8. The maximum Gasteiger partial charge on any atom is 0.264 e. The lowest BCUT2D eigenvalue weighted by Gasteiger charge is -2.35. The molecule has 1 atom stereocenters. The fourth-order valence-corrected chi connectivity index (χ4v) is 9.04. The van der Waals surface area contributed by atoms with Crippen molar-refractivity contribution in [3.63, 3.8) is 0 Å². The van der Waals surface area contributed by atoms with Gasteiger partial charge in [-0.3, -0.25) is 39.0 Å². The van der Waals surface area contributed by atoms with Crippen molar-refractivity contribution in [1.82, 2.24) is 30.0 Å². The molecule has 1 unspecified atom stereocenters. The van der Waals surface area contributed by atoms with Crippen LogP contribution in [-0.2, 0) is 33.4 Å². The van der Waals surface area contributed by atoms with Gasteiger partial charge in [0.25, 0.3) is 11.8 Å². The zero-order valence-corrected chi connectivity index (χ0v) is 39.5. The number of piperidine rings is 1. The molecule has 4 N–H and O–H groups in total. The van der Waals surface area contributed by atoms with Crippen LogP contribution in [0.1, 0.15) is 46.9 Å². The highest BCUT2D eigenvalue weighted by atomic mass is 35.5. The van der Waals surface area contributed by atoms with Gasteiger partial charge in [0.2, 0.25) is 29.6 Å². The zero-order chi connectivity index (χ0) is 49.5. The van der Waals surface area contributed by atoms with Crippen molar-refractivity contribution in [2.24, 2.45) is 0 Å². The molecular formula is C49H53ClFN9O10. The number of rotatable bonds is 20. The van der Waals surface area contributed by atoms with E-state index in [0.29, 0.717) is 98.9 Å². The Labute approximate surface area is 407 Å². The third-order valence-corrected chi connectivity index (χ3v) is 12.7. The Kier molecular flexibility index (Phi) is 15.7. The number of imide groups is 2. The summed E-state index contributed by atoms with van der Waals surface area (Å²) in [5, 5.41) is 20.9. The maximum absolute atomic E-state index is 16.9. The largest absolute Gasteiger partial charge is 0.508 e. The van der Waals surface area contributed by atoms with E-state index in [9.17, 15) is 33.9 Å². The van der Waals surface area contributed by atoms with Crippen molar-refractivity contribution in [1.29, 1.82) is 0 Å². The minimum absolute atomic E-state index is 0.00763.